The molecule has 1 N–H and O–H groups in total. The lowest BCUT2D eigenvalue weighted by molar-refractivity contribution is 0.686. The number of halogens is 1. The van der Waals surface area contributed by atoms with Crippen molar-refractivity contribution < 1.29 is 0 Å². The summed E-state index contributed by atoms with van der Waals surface area (Å²) >= 11 is 5.91. The van der Waals surface area contributed by atoms with Crippen molar-refractivity contribution in [3.05, 3.63) is 53.3 Å². The molecular formula is C15H15ClN4. The van der Waals surface area contributed by atoms with Crippen LogP contribution in [0.25, 0.3) is 10.9 Å². The second-order valence-electron chi connectivity index (χ2n) is 4.58. The maximum absolute atomic E-state index is 5.91. The summed E-state index contributed by atoms with van der Waals surface area (Å²) in [7, 11) is 0. The van der Waals surface area contributed by atoms with E-state index in [4.69, 9.17) is 11.6 Å². The molecule has 1 aromatic carbocycles. The van der Waals surface area contributed by atoms with Gasteiger partial charge in [0.05, 0.1) is 23.3 Å². The molecule has 0 aliphatic carbocycles. The van der Waals surface area contributed by atoms with E-state index in [2.05, 4.69) is 34.5 Å². The summed E-state index contributed by atoms with van der Waals surface area (Å²) in [5, 5.41) is 9.30. The van der Waals surface area contributed by atoms with Crippen LogP contribution in [0.15, 0.2) is 42.7 Å². The topological polar surface area (TPSA) is 42.7 Å². The molecule has 0 aliphatic heterocycles. The van der Waals surface area contributed by atoms with E-state index in [-0.39, 0.29) is 0 Å². The zero-order valence-electron chi connectivity index (χ0n) is 11.2. The molecule has 102 valence electrons. The smallest absolute Gasteiger partial charge is 0.131 e. The number of anilines is 1. The first-order valence-electron chi connectivity index (χ1n) is 6.57. The van der Waals surface area contributed by atoms with Crippen molar-refractivity contribution in [2.24, 2.45) is 0 Å². The molecule has 0 bridgehead atoms. The summed E-state index contributed by atoms with van der Waals surface area (Å²) in [6, 6.07) is 10.3. The van der Waals surface area contributed by atoms with Crippen molar-refractivity contribution >= 4 is 28.3 Å². The van der Waals surface area contributed by atoms with Crippen LogP contribution in [0.3, 0.4) is 0 Å². The standard InChI is InChI=1S/C15H15ClN4/c1-2-17-15-12(9-20-10-13(16)8-18-20)7-11-5-3-4-6-14(11)19-15/h3-8,10H,2,9H2,1H3,(H,17,19). The lowest BCUT2D eigenvalue weighted by Crippen LogP contribution is -2.08. The Kier molecular flexibility index (Phi) is 3.56. The second-order valence-corrected chi connectivity index (χ2v) is 5.01. The van der Waals surface area contributed by atoms with Crippen LogP contribution in [-0.2, 0) is 6.54 Å². The Morgan fingerprint density at radius 2 is 2.15 bits per heavy atom. The SMILES string of the molecule is CCNc1nc2ccccc2cc1Cn1cc(Cl)cn1. The Morgan fingerprint density at radius 1 is 1.30 bits per heavy atom. The average Bonchev–Trinajstić information content (AvgIpc) is 2.85. The fourth-order valence-corrected chi connectivity index (χ4v) is 2.36. The molecule has 0 saturated carbocycles. The van der Waals surface area contributed by atoms with Crippen LogP contribution in [0, 0.1) is 0 Å². The van der Waals surface area contributed by atoms with Gasteiger partial charge in [-0.3, -0.25) is 4.68 Å². The van der Waals surface area contributed by atoms with E-state index in [1.54, 1.807) is 6.20 Å². The Morgan fingerprint density at radius 3 is 2.90 bits per heavy atom. The molecule has 0 saturated heterocycles. The van der Waals surface area contributed by atoms with E-state index < -0.39 is 0 Å². The maximum atomic E-state index is 5.91. The number of hydrogen-bond donors (Lipinski definition) is 1. The van der Waals surface area contributed by atoms with Gasteiger partial charge in [-0.2, -0.15) is 5.10 Å². The van der Waals surface area contributed by atoms with E-state index in [0.717, 1.165) is 28.8 Å². The number of rotatable bonds is 4. The van der Waals surface area contributed by atoms with Crippen LogP contribution in [0.1, 0.15) is 12.5 Å². The number of para-hydroxylation sites is 1. The molecule has 0 atom stereocenters. The monoisotopic (exact) mass is 286 g/mol. The van der Waals surface area contributed by atoms with E-state index in [0.29, 0.717) is 11.6 Å². The third kappa shape index (κ3) is 2.60. The predicted molar refractivity (Wildman–Crippen MR) is 82.2 cm³/mol. The minimum atomic E-state index is 0.642. The third-order valence-electron chi connectivity index (χ3n) is 3.08. The van der Waals surface area contributed by atoms with Gasteiger partial charge in [0.15, 0.2) is 0 Å². The molecule has 0 radical (unpaired) electrons. The van der Waals surface area contributed by atoms with Crippen LogP contribution in [-0.4, -0.2) is 21.3 Å². The van der Waals surface area contributed by atoms with Crippen molar-refractivity contribution in [2.75, 3.05) is 11.9 Å². The number of aromatic nitrogens is 3. The van der Waals surface area contributed by atoms with E-state index in [1.807, 2.05) is 29.1 Å². The molecular weight excluding hydrogens is 272 g/mol. The zero-order valence-corrected chi connectivity index (χ0v) is 11.9. The predicted octanol–water partition coefficient (Wildman–Crippen LogP) is 3.56. The number of fused-ring (bicyclic) bond motifs is 1. The Labute approximate surface area is 122 Å². The third-order valence-corrected chi connectivity index (χ3v) is 3.28. The van der Waals surface area contributed by atoms with E-state index in [9.17, 15) is 0 Å². The molecule has 4 nitrogen and oxygen atoms in total. The highest BCUT2D eigenvalue weighted by Gasteiger charge is 2.07. The van der Waals surface area contributed by atoms with Crippen molar-refractivity contribution in [1.82, 2.24) is 14.8 Å². The van der Waals surface area contributed by atoms with Gasteiger partial charge in [-0.15, -0.1) is 0 Å². The van der Waals surface area contributed by atoms with Crippen LogP contribution in [0.4, 0.5) is 5.82 Å². The van der Waals surface area contributed by atoms with Crippen molar-refractivity contribution in [2.45, 2.75) is 13.5 Å². The fourth-order valence-electron chi connectivity index (χ4n) is 2.20. The van der Waals surface area contributed by atoms with Crippen LogP contribution in [0.2, 0.25) is 5.02 Å². The summed E-state index contributed by atoms with van der Waals surface area (Å²) in [6.45, 7) is 3.54. The zero-order chi connectivity index (χ0) is 13.9. The van der Waals surface area contributed by atoms with Gasteiger partial charge in [-0.05, 0) is 19.1 Å². The van der Waals surface area contributed by atoms with Crippen LogP contribution < -0.4 is 5.32 Å². The number of pyridine rings is 1. The Balaban J connectivity index is 2.04. The fraction of sp³-hybridized carbons (Fsp3) is 0.200. The lowest BCUT2D eigenvalue weighted by Gasteiger charge is -2.11. The Bertz CT molecular complexity index is 736. The van der Waals surface area contributed by atoms with Crippen molar-refractivity contribution in [3.8, 4) is 0 Å². The minimum absolute atomic E-state index is 0.642. The Hall–Kier alpha value is -2.07. The van der Waals surface area contributed by atoms with Gasteiger partial charge < -0.3 is 5.32 Å². The molecule has 0 unspecified atom stereocenters. The summed E-state index contributed by atoms with van der Waals surface area (Å²) < 4.78 is 1.81. The van der Waals surface area contributed by atoms with E-state index in [1.165, 1.54) is 0 Å². The van der Waals surface area contributed by atoms with Gasteiger partial charge in [0, 0.05) is 23.7 Å². The van der Waals surface area contributed by atoms with Crippen molar-refractivity contribution in [3.63, 3.8) is 0 Å². The van der Waals surface area contributed by atoms with Gasteiger partial charge in [0.2, 0.25) is 0 Å². The maximum Gasteiger partial charge on any atom is 0.131 e. The van der Waals surface area contributed by atoms with Crippen LogP contribution >= 0.6 is 11.6 Å². The van der Waals surface area contributed by atoms with Crippen LogP contribution in [0.5, 0.6) is 0 Å². The molecule has 0 amide bonds. The van der Waals surface area contributed by atoms with Gasteiger partial charge >= 0.3 is 0 Å². The lowest BCUT2D eigenvalue weighted by atomic mass is 10.1. The first-order valence-corrected chi connectivity index (χ1v) is 6.94. The summed E-state index contributed by atoms with van der Waals surface area (Å²) in [4.78, 5) is 4.68. The number of benzene rings is 1. The highest BCUT2D eigenvalue weighted by molar-refractivity contribution is 6.30. The molecule has 2 aromatic heterocycles. The highest BCUT2D eigenvalue weighted by Crippen LogP contribution is 2.21. The summed E-state index contributed by atoms with van der Waals surface area (Å²) in [6.07, 6.45) is 3.45. The first kappa shape index (κ1) is 12.9. The van der Waals surface area contributed by atoms with Gasteiger partial charge in [0.1, 0.15) is 5.82 Å². The molecule has 0 aliphatic rings. The van der Waals surface area contributed by atoms with Gasteiger partial charge in [0.25, 0.3) is 0 Å². The molecule has 2 heterocycles. The van der Waals surface area contributed by atoms with Crippen molar-refractivity contribution in [1.29, 1.82) is 0 Å². The largest absolute Gasteiger partial charge is 0.370 e. The normalized spacial score (nSPS) is 10.9. The molecule has 5 heteroatoms. The van der Waals surface area contributed by atoms with Gasteiger partial charge in [-0.25, -0.2) is 4.98 Å². The quantitative estimate of drug-likeness (QED) is 0.797. The first-order chi connectivity index (χ1) is 9.76. The average molecular weight is 287 g/mol. The molecule has 0 spiro atoms. The number of nitrogens with one attached hydrogen (secondary N) is 1. The highest BCUT2D eigenvalue weighted by atomic mass is 35.5. The number of nitrogens with zero attached hydrogens (tertiary/aromatic N) is 3. The molecule has 20 heavy (non-hydrogen) atoms. The number of hydrogen-bond acceptors (Lipinski definition) is 3. The summed E-state index contributed by atoms with van der Waals surface area (Å²) in [5.41, 5.74) is 2.09. The summed E-state index contributed by atoms with van der Waals surface area (Å²) in [5.74, 6) is 0.901. The van der Waals surface area contributed by atoms with E-state index >= 15 is 0 Å². The van der Waals surface area contributed by atoms with Gasteiger partial charge in [-0.1, -0.05) is 29.8 Å². The second kappa shape index (κ2) is 5.51. The molecule has 3 aromatic rings. The minimum Gasteiger partial charge on any atom is -0.370 e. The molecule has 0 fully saturated rings. The molecule has 3 rings (SSSR count).